The lowest BCUT2D eigenvalue weighted by Gasteiger charge is -2.35. The number of carbonyl (C=O) groups excluding carboxylic acids is 2. The summed E-state index contributed by atoms with van der Waals surface area (Å²) >= 11 is 3.05. The molecule has 0 aliphatic carbocycles. The minimum atomic E-state index is -0.394. The number of rotatable bonds is 6. The van der Waals surface area contributed by atoms with E-state index in [-0.39, 0.29) is 24.4 Å². The van der Waals surface area contributed by atoms with Crippen molar-refractivity contribution in [2.24, 2.45) is 4.99 Å². The maximum absolute atomic E-state index is 12.5. The van der Waals surface area contributed by atoms with Crippen LogP contribution in [0.2, 0.25) is 0 Å². The van der Waals surface area contributed by atoms with Crippen LogP contribution in [0.15, 0.2) is 44.9 Å². The number of fused-ring (bicyclic) bond motifs is 1. The molecule has 0 bridgehead atoms. The van der Waals surface area contributed by atoms with Gasteiger partial charge in [-0.25, -0.2) is 9.79 Å². The van der Waals surface area contributed by atoms with Crippen molar-refractivity contribution in [1.29, 1.82) is 0 Å². The molecule has 1 N–H and O–H groups in total. The molecule has 0 saturated carbocycles. The van der Waals surface area contributed by atoms with Crippen molar-refractivity contribution in [3.63, 3.8) is 0 Å². The average Bonchev–Trinajstić information content (AvgIpc) is 3.30. The maximum Gasteiger partial charge on any atom is 0.338 e. The minimum Gasteiger partial charge on any atom is -0.466 e. The zero-order valence-electron chi connectivity index (χ0n) is 15.8. The molecule has 0 fully saturated rings. The third-order valence-electron chi connectivity index (χ3n) is 4.58. The Morgan fingerprint density at radius 3 is 2.85 bits per heavy atom. The van der Waals surface area contributed by atoms with E-state index < -0.39 is 5.97 Å². The molecule has 2 atom stereocenters. The van der Waals surface area contributed by atoms with Gasteiger partial charge in [-0.15, -0.1) is 11.3 Å². The monoisotopic (exact) mass is 405 g/mol. The number of thioether (sulfide) groups is 1. The van der Waals surface area contributed by atoms with Gasteiger partial charge in [-0.1, -0.05) is 24.8 Å². The van der Waals surface area contributed by atoms with Crippen LogP contribution in [0.3, 0.4) is 0 Å². The SMILES string of the molecule is CCC(C)NC(=O)CC1=CSC2=NC(C)=C(C(=O)OC)C(c3cccs3)N12. The third-order valence-corrected chi connectivity index (χ3v) is 6.39. The zero-order chi connectivity index (χ0) is 19.6. The first kappa shape index (κ1) is 19.7. The Labute approximate surface area is 167 Å². The fraction of sp³-hybridized carbons (Fsp3) is 0.421. The number of aliphatic imine (C=N–C) groups is 1. The highest BCUT2D eigenvalue weighted by Gasteiger charge is 2.41. The summed E-state index contributed by atoms with van der Waals surface area (Å²) < 4.78 is 5.03. The van der Waals surface area contributed by atoms with Gasteiger partial charge in [0, 0.05) is 16.6 Å². The number of carbonyl (C=O) groups is 2. The van der Waals surface area contributed by atoms with Crippen molar-refractivity contribution in [2.45, 2.75) is 45.7 Å². The highest BCUT2D eigenvalue weighted by Crippen LogP contribution is 2.45. The molecule has 0 radical (unpaired) electrons. The van der Waals surface area contributed by atoms with E-state index in [0.717, 1.165) is 22.2 Å². The lowest BCUT2D eigenvalue weighted by Crippen LogP contribution is -2.38. The molecule has 144 valence electrons. The minimum absolute atomic E-state index is 0.0340. The van der Waals surface area contributed by atoms with Gasteiger partial charge in [0.1, 0.15) is 6.04 Å². The molecule has 1 aromatic heterocycles. The van der Waals surface area contributed by atoms with Crippen LogP contribution in [0, 0.1) is 0 Å². The van der Waals surface area contributed by atoms with Crippen LogP contribution in [0.5, 0.6) is 0 Å². The van der Waals surface area contributed by atoms with Gasteiger partial charge in [-0.3, -0.25) is 4.79 Å². The van der Waals surface area contributed by atoms with Gasteiger partial charge in [0.2, 0.25) is 5.91 Å². The molecule has 0 spiro atoms. The molecule has 3 rings (SSSR count). The van der Waals surface area contributed by atoms with E-state index in [2.05, 4.69) is 10.3 Å². The van der Waals surface area contributed by atoms with Gasteiger partial charge in [-0.05, 0) is 37.1 Å². The Hall–Kier alpha value is -2.06. The second kappa shape index (κ2) is 8.31. The number of hydrogen-bond acceptors (Lipinski definition) is 7. The van der Waals surface area contributed by atoms with Crippen molar-refractivity contribution < 1.29 is 14.3 Å². The van der Waals surface area contributed by atoms with Crippen molar-refractivity contribution in [3.8, 4) is 0 Å². The number of ether oxygens (including phenoxy) is 1. The van der Waals surface area contributed by atoms with Crippen LogP contribution >= 0.6 is 23.1 Å². The summed E-state index contributed by atoms with van der Waals surface area (Å²) in [6.45, 7) is 5.85. The van der Waals surface area contributed by atoms with E-state index in [0.29, 0.717) is 11.3 Å². The van der Waals surface area contributed by atoms with Crippen LogP contribution in [-0.2, 0) is 14.3 Å². The average molecular weight is 406 g/mol. The van der Waals surface area contributed by atoms with Crippen molar-refractivity contribution >= 4 is 40.1 Å². The van der Waals surface area contributed by atoms with E-state index in [4.69, 9.17) is 4.74 Å². The van der Waals surface area contributed by atoms with Crippen LogP contribution in [0.1, 0.15) is 44.5 Å². The number of nitrogens with one attached hydrogen (secondary N) is 1. The van der Waals surface area contributed by atoms with Crippen LogP contribution in [0.4, 0.5) is 0 Å². The summed E-state index contributed by atoms with van der Waals surface area (Å²) in [5.41, 5.74) is 2.00. The molecule has 3 heterocycles. The highest BCUT2D eigenvalue weighted by atomic mass is 32.2. The summed E-state index contributed by atoms with van der Waals surface area (Å²) in [6, 6.07) is 3.75. The van der Waals surface area contributed by atoms with Crippen molar-refractivity contribution in [2.75, 3.05) is 7.11 Å². The largest absolute Gasteiger partial charge is 0.466 e. The lowest BCUT2D eigenvalue weighted by atomic mass is 9.99. The first-order valence-electron chi connectivity index (χ1n) is 8.81. The molecule has 0 aromatic carbocycles. The summed E-state index contributed by atoms with van der Waals surface area (Å²) in [5.74, 6) is -0.428. The molecule has 1 amide bonds. The number of nitrogens with zero attached hydrogens (tertiary/aromatic N) is 2. The van der Waals surface area contributed by atoms with Gasteiger partial charge in [0.15, 0.2) is 5.17 Å². The molecule has 2 unspecified atom stereocenters. The molecular formula is C19H23N3O3S2. The zero-order valence-corrected chi connectivity index (χ0v) is 17.4. The normalized spacial score (nSPS) is 20.0. The second-order valence-corrected chi connectivity index (χ2v) is 8.27. The molecule has 6 nitrogen and oxygen atoms in total. The summed E-state index contributed by atoms with van der Waals surface area (Å²) in [7, 11) is 1.38. The topological polar surface area (TPSA) is 71.0 Å². The van der Waals surface area contributed by atoms with Gasteiger partial charge in [-0.2, -0.15) is 0 Å². The Kier molecular flexibility index (Phi) is 6.06. The molecule has 8 heteroatoms. The fourth-order valence-corrected chi connectivity index (χ4v) is 4.84. The third kappa shape index (κ3) is 3.96. The number of hydrogen-bond donors (Lipinski definition) is 1. The maximum atomic E-state index is 12.5. The summed E-state index contributed by atoms with van der Waals surface area (Å²) in [5, 5.41) is 7.71. The standard InChI is InChI=1S/C19H23N3O3S2/c1-5-11(2)20-15(23)9-13-10-27-19-21-12(3)16(18(24)25-4)17(22(13)19)14-7-6-8-26-14/h6-8,10-11,17H,5,9H2,1-4H3,(H,20,23). The van der Waals surface area contributed by atoms with Gasteiger partial charge >= 0.3 is 5.97 Å². The lowest BCUT2D eigenvalue weighted by molar-refractivity contribution is -0.136. The van der Waals surface area contributed by atoms with Gasteiger partial charge in [0.25, 0.3) is 0 Å². The second-order valence-electron chi connectivity index (χ2n) is 6.45. The van der Waals surface area contributed by atoms with E-state index >= 15 is 0 Å². The highest BCUT2D eigenvalue weighted by molar-refractivity contribution is 8.16. The van der Waals surface area contributed by atoms with Crippen LogP contribution < -0.4 is 5.32 Å². The molecular weight excluding hydrogens is 382 g/mol. The molecule has 2 aliphatic heterocycles. The Balaban J connectivity index is 1.94. The number of thiophene rings is 1. The molecule has 1 aromatic rings. The fourth-order valence-electron chi connectivity index (χ4n) is 3.05. The molecule has 0 saturated heterocycles. The number of esters is 1. The van der Waals surface area contributed by atoms with E-state index in [9.17, 15) is 9.59 Å². The molecule has 27 heavy (non-hydrogen) atoms. The van der Waals surface area contributed by atoms with Gasteiger partial charge < -0.3 is 15.0 Å². The first-order chi connectivity index (χ1) is 13.0. The predicted octanol–water partition coefficient (Wildman–Crippen LogP) is 3.80. The summed E-state index contributed by atoms with van der Waals surface area (Å²) in [4.78, 5) is 32.5. The van der Waals surface area contributed by atoms with E-state index in [1.165, 1.54) is 18.9 Å². The van der Waals surface area contributed by atoms with Crippen molar-refractivity contribution in [3.05, 3.63) is 44.8 Å². The smallest absolute Gasteiger partial charge is 0.338 e. The Bertz CT molecular complexity index is 827. The summed E-state index contributed by atoms with van der Waals surface area (Å²) in [6.07, 6.45) is 1.12. The van der Waals surface area contributed by atoms with Crippen molar-refractivity contribution in [1.82, 2.24) is 10.2 Å². The Morgan fingerprint density at radius 2 is 2.22 bits per heavy atom. The number of amides is 1. The first-order valence-corrected chi connectivity index (χ1v) is 10.6. The van der Waals surface area contributed by atoms with E-state index in [1.54, 1.807) is 11.3 Å². The van der Waals surface area contributed by atoms with Gasteiger partial charge in [0.05, 0.1) is 24.8 Å². The quantitative estimate of drug-likeness (QED) is 0.729. The predicted molar refractivity (Wildman–Crippen MR) is 109 cm³/mol. The number of methoxy groups -OCH3 is 1. The van der Waals surface area contributed by atoms with E-state index in [1.807, 2.05) is 48.6 Å². The van der Waals surface area contributed by atoms with Crippen LogP contribution in [0.25, 0.3) is 0 Å². The Morgan fingerprint density at radius 1 is 1.44 bits per heavy atom. The number of amidine groups is 1. The number of allylic oxidation sites excluding steroid dienone is 1. The van der Waals surface area contributed by atoms with Crippen LogP contribution in [-0.4, -0.2) is 35.1 Å². The molecule has 2 aliphatic rings.